The number of benzene rings is 1. The van der Waals surface area contributed by atoms with Crippen LogP contribution >= 0.6 is 0 Å². The van der Waals surface area contributed by atoms with E-state index in [9.17, 15) is 9.18 Å². The highest BCUT2D eigenvalue weighted by Crippen LogP contribution is 2.11. The van der Waals surface area contributed by atoms with Gasteiger partial charge in [-0.3, -0.25) is 4.79 Å². The molecule has 0 bridgehead atoms. The van der Waals surface area contributed by atoms with Crippen molar-refractivity contribution in [2.24, 2.45) is 11.7 Å². The van der Waals surface area contributed by atoms with Crippen LogP contribution in [0.3, 0.4) is 0 Å². The van der Waals surface area contributed by atoms with Gasteiger partial charge in [-0.2, -0.15) is 0 Å². The molecule has 1 rings (SSSR count). The van der Waals surface area contributed by atoms with Crippen molar-refractivity contribution in [2.75, 3.05) is 13.1 Å². The second-order valence-corrected chi connectivity index (χ2v) is 4.33. The molecule has 3 N–H and O–H groups in total. The van der Waals surface area contributed by atoms with E-state index >= 15 is 0 Å². The fraction of sp³-hybridized carbons (Fsp3) is 0.462. The molecule has 0 radical (unpaired) electrons. The molecule has 1 amide bonds. The second-order valence-electron chi connectivity index (χ2n) is 4.33. The monoisotopic (exact) mass is 238 g/mol. The Bertz CT molecular complexity index is 393. The van der Waals surface area contributed by atoms with E-state index < -0.39 is 5.82 Å². The number of nitrogens with two attached hydrogens (primary N) is 1. The van der Waals surface area contributed by atoms with Crippen molar-refractivity contribution in [1.29, 1.82) is 0 Å². The van der Waals surface area contributed by atoms with Gasteiger partial charge in [-0.25, -0.2) is 4.39 Å². The average molecular weight is 238 g/mol. The van der Waals surface area contributed by atoms with Crippen LogP contribution < -0.4 is 11.1 Å². The van der Waals surface area contributed by atoms with E-state index in [1.54, 1.807) is 19.1 Å². The van der Waals surface area contributed by atoms with Gasteiger partial charge >= 0.3 is 0 Å². The standard InChI is InChI=1S/C13H19FN2O/c1-9(6-7-15)8-16-13(17)11-5-3-4-10(2)12(11)14/h3-5,9H,6-8,15H2,1-2H3,(H,16,17). The van der Waals surface area contributed by atoms with Crippen LogP contribution in [0.5, 0.6) is 0 Å². The number of halogens is 1. The van der Waals surface area contributed by atoms with Crippen molar-refractivity contribution in [2.45, 2.75) is 20.3 Å². The van der Waals surface area contributed by atoms with Crippen molar-refractivity contribution in [1.82, 2.24) is 5.32 Å². The van der Waals surface area contributed by atoms with E-state index in [0.717, 1.165) is 6.42 Å². The maximum absolute atomic E-state index is 13.6. The minimum atomic E-state index is -0.448. The van der Waals surface area contributed by atoms with Crippen molar-refractivity contribution in [3.63, 3.8) is 0 Å². The molecule has 0 aliphatic heterocycles. The number of nitrogens with one attached hydrogen (secondary N) is 1. The summed E-state index contributed by atoms with van der Waals surface area (Å²) in [5, 5.41) is 2.72. The Labute approximate surface area is 101 Å². The summed E-state index contributed by atoms with van der Waals surface area (Å²) in [6, 6.07) is 4.81. The molecule has 0 heterocycles. The van der Waals surface area contributed by atoms with Crippen molar-refractivity contribution >= 4 is 5.91 Å². The van der Waals surface area contributed by atoms with Crippen LogP contribution in [0.15, 0.2) is 18.2 Å². The van der Waals surface area contributed by atoms with Crippen LogP contribution in [-0.4, -0.2) is 19.0 Å². The first-order chi connectivity index (χ1) is 8.06. The van der Waals surface area contributed by atoms with Gasteiger partial charge in [0.2, 0.25) is 0 Å². The van der Waals surface area contributed by atoms with E-state index in [4.69, 9.17) is 5.73 Å². The van der Waals surface area contributed by atoms with Crippen LogP contribution in [0, 0.1) is 18.7 Å². The zero-order valence-corrected chi connectivity index (χ0v) is 10.3. The number of carbonyl (C=O) groups is 1. The van der Waals surface area contributed by atoms with E-state index in [0.29, 0.717) is 24.6 Å². The summed E-state index contributed by atoms with van der Waals surface area (Å²) < 4.78 is 13.6. The third kappa shape index (κ3) is 3.82. The van der Waals surface area contributed by atoms with Crippen LogP contribution in [0.1, 0.15) is 29.3 Å². The zero-order valence-electron chi connectivity index (χ0n) is 10.3. The Morgan fingerprint density at radius 1 is 1.53 bits per heavy atom. The molecule has 0 aromatic heterocycles. The molecule has 0 spiro atoms. The first-order valence-corrected chi connectivity index (χ1v) is 5.79. The van der Waals surface area contributed by atoms with Gasteiger partial charge in [0.1, 0.15) is 5.82 Å². The SMILES string of the molecule is Cc1cccc(C(=O)NCC(C)CCN)c1F. The first-order valence-electron chi connectivity index (χ1n) is 5.79. The Morgan fingerprint density at radius 2 is 2.24 bits per heavy atom. The minimum Gasteiger partial charge on any atom is -0.352 e. The van der Waals surface area contributed by atoms with E-state index in [1.165, 1.54) is 6.07 Å². The fourth-order valence-corrected chi connectivity index (χ4v) is 1.57. The highest BCUT2D eigenvalue weighted by atomic mass is 19.1. The number of rotatable bonds is 5. The Kier molecular flexibility index (Phi) is 5.10. The van der Waals surface area contributed by atoms with Crippen LogP contribution in [0.25, 0.3) is 0 Å². The van der Waals surface area contributed by atoms with Crippen LogP contribution in [-0.2, 0) is 0 Å². The molecular weight excluding hydrogens is 219 g/mol. The lowest BCUT2D eigenvalue weighted by Gasteiger charge is -2.12. The molecule has 1 unspecified atom stereocenters. The molecule has 0 aliphatic rings. The maximum atomic E-state index is 13.6. The largest absolute Gasteiger partial charge is 0.352 e. The summed E-state index contributed by atoms with van der Waals surface area (Å²) >= 11 is 0. The summed E-state index contributed by atoms with van der Waals surface area (Å²) in [4.78, 5) is 11.7. The quantitative estimate of drug-likeness (QED) is 0.822. The molecule has 17 heavy (non-hydrogen) atoms. The molecule has 1 atom stereocenters. The maximum Gasteiger partial charge on any atom is 0.254 e. The van der Waals surface area contributed by atoms with Gasteiger partial charge in [-0.15, -0.1) is 0 Å². The van der Waals surface area contributed by atoms with Gasteiger partial charge in [0.15, 0.2) is 0 Å². The van der Waals surface area contributed by atoms with Gasteiger partial charge in [0.05, 0.1) is 5.56 Å². The van der Waals surface area contributed by atoms with Crippen LogP contribution in [0.2, 0.25) is 0 Å². The third-order valence-corrected chi connectivity index (χ3v) is 2.71. The highest BCUT2D eigenvalue weighted by molar-refractivity contribution is 5.94. The lowest BCUT2D eigenvalue weighted by molar-refractivity contribution is 0.0943. The normalized spacial score (nSPS) is 12.2. The Morgan fingerprint density at radius 3 is 2.88 bits per heavy atom. The van der Waals surface area contributed by atoms with Crippen molar-refractivity contribution in [3.8, 4) is 0 Å². The lowest BCUT2D eigenvalue weighted by Crippen LogP contribution is -2.29. The van der Waals surface area contributed by atoms with E-state index in [2.05, 4.69) is 5.32 Å². The first kappa shape index (κ1) is 13.6. The smallest absolute Gasteiger partial charge is 0.254 e. The summed E-state index contributed by atoms with van der Waals surface area (Å²) in [7, 11) is 0. The fourth-order valence-electron chi connectivity index (χ4n) is 1.57. The summed E-state index contributed by atoms with van der Waals surface area (Å²) in [6.45, 7) is 4.75. The summed E-state index contributed by atoms with van der Waals surface area (Å²) in [5.74, 6) is -0.511. The predicted octanol–water partition coefficient (Wildman–Crippen LogP) is 1.85. The molecule has 0 saturated carbocycles. The summed E-state index contributed by atoms with van der Waals surface area (Å²) in [6.07, 6.45) is 0.844. The molecule has 1 aromatic carbocycles. The van der Waals surface area contributed by atoms with Crippen molar-refractivity contribution in [3.05, 3.63) is 35.1 Å². The van der Waals surface area contributed by atoms with Crippen molar-refractivity contribution < 1.29 is 9.18 Å². The number of amides is 1. The Balaban J connectivity index is 2.61. The van der Waals surface area contributed by atoms with E-state index in [-0.39, 0.29) is 11.5 Å². The van der Waals surface area contributed by atoms with Gasteiger partial charge in [-0.05, 0) is 37.4 Å². The Hall–Kier alpha value is -1.42. The molecule has 0 aliphatic carbocycles. The molecule has 0 fully saturated rings. The number of hydrogen-bond donors (Lipinski definition) is 2. The number of aryl methyl sites for hydroxylation is 1. The highest BCUT2D eigenvalue weighted by Gasteiger charge is 2.13. The zero-order chi connectivity index (χ0) is 12.8. The number of carbonyl (C=O) groups excluding carboxylic acids is 1. The number of hydrogen-bond acceptors (Lipinski definition) is 2. The average Bonchev–Trinajstić information content (AvgIpc) is 2.30. The molecule has 1 aromatic rings. The van der Waals surface area contributed by atoms with Gasteiger partial charge < -0.3 is 11.1 Å². The topological polar surface area (TPSA) is 55.1 Å². The molecular formula is C13H19FN2O. The van der Waals surface area contributed by atoms with Gasteiger partial charge in [0.25, 0.3) is 5.91 Å². The van der Waals surface area contributed by atoms with E-state index in [1.807, 2.05) is 6.92 Å². The van der Waals surface area contributed by atoms with Gasteiger partial charge in [-0.1, -0.05) is 19.1 Å². The molecule has 94 valence electrons. The molecule has 3 nitrogen and oxygen atoms in total. The predicted molar refractivity (Wildman–Crippen MR) is 66.3 cm³/mol. The minimum absolute atomic E-state index is 0.102. The molecule has 4 heteroatoms. The lowest BCUT2D eigenvalue weighted by atomic mass is 10.1. The second kappa shape index (κ2) is 6.35. The third-order valence-electron chi connectivity index (χ3n) is 2.71. The summed E-state index contributed by atoms with van der Waals surface area (Å²) in [5.41, 5.74) is 6.00. The van der Waals surface area contributed by atoms with Crippen LogP contribution in [0.4, 0.5) is 4.39 Å². The molecule has 0 saturated heterocycles. The van der Waals surface area contributed by atoms with Gasteiger partial charge in [0, 0.05) is 6.54 Å².